The first-order chi connectivity index (χ1) is 13.5. The van der Waals surface area contributed by atoms with Gasteiger partial charge in [0, 0.05) is 17.7 Å². The summed E-state index contributed by atoms with van der Waals surface area (Å²) in [5.41, 5.74) is 8.78. The highest BCUT2D eigenvalue weighted by atomic mass is 14.7. The first-order valence-electron chi connectivity index (χ1n) is 11.3. The average molecular weight is 376 g/mol. The van der Waals surface area contributed by atoms with E-state index in [1.165, 1.54) is 60.1 Å². The molecule has 0 radical (unpaired) electrons. The smallest absolute Gasteiger partial charge is 0.0745 e. The Morgan fingerprint density at radius 3 is 2.25 bits per heavy atom. The van der Waals surface area contributed by atoms with Crippen molar-refractivity contribution < 1.29 is 0 Å². The van der Waals surface area contributed by atoms with E-state index in [1.54, 1.807) is 5.57 Å². The summed E-state index contributed by atoms with van der Waals surface area (Å²) in [5.74, 6) is 0.914. The highest BCUT2D eigenvalue weighted by Crippen LogP contribution is 2.46. The van der Waals surface area contributed by atoms with Gasteiger partial charge in [-0.1, -0.05) is 83.9 Å². The van der Waals surface area contributed by atoms with Crippen LogP contribution in [-0.2, 0) is 5.41 Å². The largest absolute Gasteiger partial charge is 0.256 e. The molecule has 0 spiro atoms. The minimum atomic E-state index is 0.229. The number of nitrogens with zero attached hydrogens (tertiary/aromatic N) is 1. The molecule has 0 N–H and O–H groups in total. The van der Waals surface area contributed by atoms with Crippen molar-refractivity contribution in [2.24, 2.45) is 0 Å². The van der Waals surface area contributed by atoms with Crippen molar-refractivity contribution in [2.45, 2.75) is 90.9 Å². The molecule has 1 heterocycles. The van der Waals surface area contributed by atoms with Gasteiger partial charge in [0.15, 0.2) is 0 Å². The van der Waals surface area contributed by atoms with Crippen LogP contribution < -0.4 is 0 Å². The Morgan fingerprint density at radius 1 is 0.929 bits per heavy atom. The van der Waals surface area contributed by atoms with Crippen molar-refractivity contribution >= 4 is 0 Å². The van der Waals surface area contributed by atoms with E-state index in [1.807, 2.05) is 6.20 Å². The Bertz CT molecular complexity index is 833. The Balaban J connectivity index is 2.23. The van der Waals surface area contributed by atoms with Gasteiger partial charge in [-0.3, -0.25) is 4.98 Å². The lowest BCUT2D eigenvalue weighted by Gasteiger charge is -2.35. The molecule has 1 heteroatoms. The van der Waals surface area contributed by atoms with Crippen LogP contribution in [0.1, 0.15) is 102 Å². The fourth-order valence-electron chi connectivity index (χ4n) is 5.36. The van der Waals surface area contributed by atoms with Crippen LogP contribution in [0.5, 0.6) is 0 Å². The van der Waals surface area contributed by atoms with Crippen molar-refractivity contribution in [1.82, 2.24) is 4.98 Å². The van der Waals surface area contributed by atoms with Crippen LogP contribution in [0.2, 0.25) is 0 Å². The molecular weight excluding hydrogens is 338 g/mol. The first-order valence-corrected chi connectivity index (χ1v) is 11.3. The second-order valence-corrected chi connectivity index (χ2v) is 8.55. The lowest BCUT2D eigenvalue weighted by atomic mass is 9.70. The van der Waals surface area contributed by atoms with E-state index < -0.39 is 0 Å². The van der Waals surface area contributed by atoms with E-state index in [9.17, 15) is 0 Å². The molecule has 0 amide bonds. The lowest BCUT2D eigenvalue weighted by molar-refractivity contribution is 0.382. The van der Waals surface area contributed by atoms with Gasteiger partial charge in [0.1, 0.15) is 0 Å². The molecule has 28 heavy (non-hydrogen) atoms. The Kier molecular flexibility index (Phi) is 6.43. The summed E-state index contributed by atoms with van der Waals surface area (Å²) < 4.78 is 0. The van der Waals surface area contributed by atoms with Crippen molar-refractivity contribution in [3.8, 4) is 11.3 Å². The number of benzene rings is 1. The molecule has 1 aromatic carbocycles. The maximum absolute atomic E-state index is 4.99. The summed E-state index contributed by atoms with van der Waals surface area (Å²) in [5, 5.41) is 0. The molecule has 0 saturated carbocycles. The second kappa shape index (κ2) is 8.64. The quantitative estimate of drug-likeness (QED) is 0.445. The number of rotatable bonds is 7. The van der Waals surface area contributed by atoms with Gasteiger partial charge in [0.05, 0.1) is 5.69 Å². The molecule has 1 aliphatic rings. The Labute approximate surface area is 172 Å². The number of pyridine rings is 1. The van der Waals surface area contributed by atoms with Crippen LogP contribution in [0.4, 0.5) is 0 Å². The first kappa shape index (κ1) is 20.8. The molecule has 150 valence electrons. The molecule has 1 nitrogen and oxygen atoms in total. The molecule has 2 unspecified atom stereocenters. The minimum Gasteiger partial charge on any atom is -0.256 e. The van der Waals surface area contributed by atoms with E-state index in [0.29, 0.717) is 11.8 Å². The van der Waals surface area contributed by atoms with E-state index in [4.69, 9.17) is 4.98 Å². The third-order valence-corrected chi connectivity index (χ3v) is 7.29. The van der Waals surface area contributed by atoms with Gasteiger partial charge >= 0.3 is 0 Å². The third kappa shape index (κ3) is 3.45. The zero-order valence-corrected chi connectivity index (χ0v) is 18.7. The van der Waals surface area contributed by atoms with Gasteiger partial charge in [-0.2, -0.15) is 0 Å². The summed E-state index contributed by atoms with van der Waals surface area (Å²) in [7, 11) is 0. The maximum atomic E-state index is 4.99. The molecule has 2 aromatic rings. The number of aromatic nitrogens is 1. The highest BCUT2D eigenvalue weighted by molar-refractivity contribution is 5.72. The fourth-order valence-corrected chi connectivity index (χ4v) is 5.36. The molecule has 0 aliphatic heterocycles. The lowest BCUT2D eigenvalue weighted by Crippen LogP contribution is -2.24. The summed E-state index contributed by atoms with van der Waals surface area (Å²) in [4.78, 5) is 4.99. The zero-order chi connectivity index (χ0) is 20.3. The van der Waals surface area contributed by atoms with E-state index in [-0.39, 0.29) is 5.41 Å². The molecule has 1 aliphatic carbocycles. The van der Waals surface area contributed by atoms with Gasteiger partial charge < -0.3 is 0 Å². The van der Waals surface area contributed by atoms with Gasteiger partial charge in [-0.25, -0.2) is 0 Å². The van der Waals surface area contributed by atoms with E-state index in [2.05, 4.69) is 78.0 Å². The van der Waals surface area contributed by atoms with Crippen LogP contribution in [0.3, 0.4) is 0 Å². The van der Waals surface area contributed by atoms with Crippen LogP contribution in [0, 0.1) is 0 Å². The van der Waals surface area contributed by atoms with Gasteiger partial charge in [0.25, 0.3) is 0 Å². The monoisotopic (exact) mass is 375 g/mol. The van der Waals surface area contributed by atoms with Crippen LogP contribution >= 0.6 is 0 Å². The van der Waals surface area contributed by atoms with Crippen LogP contribution in [-0.4, -0.2) is 4.98 Å². The Hall–Kier alpha value is -1.89. The average Bonchev–Trinajstić information content (AvgIpc) is 2.73. The maximum Gasteiger partial charge on any atom is 0.0745 e. The van der Waals surface area contributed by atoms with Gasteiger partial charge in [0.2, 0.25) is 0 Å². The third-order valence-electron chi connectivity index (χ3n) is 7.29. The van der Waals surface area contributed by atoms with E-state index in [0.717, 1.165) is 0 Å². The van der Waals surface area contributed by atoms with Crippen molar-refractivity contribution in [1.29, 1.82) is 0 Å². The number of allylic oxidation sites excluding steroid dienone is 2. The molecule has 1 aromatic heterocycles. The predicted octanol–water partition coefficient (Wildman–Crippen LogP) is 8.16. The normalized spacial score (nSPS) is 19.3. The van der Waals surface area contributed by atoms with Crippen LogP contribution in [0.25, 0.3) is 11.3 Å². The van der Waals surface area contributed by atoms with Gasteiger partial charge in [-0.15, -0.1) is 0 Å². The number of hydrogen-bond acceptors (Lipinski definition) is 1. The SMILES string of the molecule is CCCC1=CC(C)c2ccnc(-c3ccccc3C(CC)(CC)CC)c2C1C. The standard InChI is InChI=1S/C27H37N/c1-7-13-21-18-19(5)22-16-17-28-26(25(22)20(21)6)23-14-11-12-15-24(23)27(8-2,9-3)10-4/h11-12,14-20H,7-10,13H2,1-6H3. The second-order valence-electron chi connectivity index (χ2n) is 8.55. The minimum absolute atomic E-state index is 0.229. The summed E-state index contributed by atoms with van der Waals surface area (Å²) >= 11 is 0. The number of hydrogen-bond donors (Lipinski definition) is 0. The van der Waals surface area contributed by atoms with E-state index >= 15 is 0 Å². The highest BCUT2D eigenvalue weighted by Gasteiger charge is 2.32. The molecule has 0 fully saturated rings. The predicted molar refractivity (Wildman–Crippen MR) is 122 cm³/mol. The molecule has 2 atom stereocenters. The molecule has 3 rings (SSSR count). The van der Waals surface area contributed by atoms with Crippen molar-refractivity contribution in [3.05, 3.63) is 64.9 Å². The van der Waals surface area contributed by atoms with Gasteiger partial charge in [-0.05, 0) is 59.8 Å². The summed E-state index contributed by atoms with van der Waals surface area (Å²) in [6.07, 6.45) is 10.4. The van der Waals surface area contributed by atoms with Crippen molar-refractivity contribution in [2.75, 3.05) is 0 Å². The zero-order valence-electron chi connectivity index (χ0n) is 18.7. The molecule has 0 saturated heterocycles. The van der Waals surface area contributed by atoms with Crippen molar-refractivity contribution in [3.63, 3.8) is 0 Å². The topological polar surface area (TPSA) is 12.9 Å². The molecule has 0 bridgehead atoms. The summed E-state index contributed by atoms with van der Waals surface area (Å²) in [6, 6.07) is 11.3. The number of fused-ring (bicyclic) bond motifs is 1. The summed E-state index contributed by atoms with van der Waals surface area (Å²) in [6.45, 7) is 14.0. The fraction of sp³-hybridized carbons (Fsp3) is 0.519. The van der Waals surface area contributed by atoms with Crippen LogP contribution in [0.15, 0.2) is 48.2 Å². The Morgan fingerprint density at radius 2 is 1.61 bits per heavy atom. The molecular formula is C27H37N.